The molecule has 2 bridgehead atoms. The third kappa shape index (κ3) is 4.13. The number of hydrogen-bond donors (Lipinski definition) is 2. The fourth-order valence-electron chi connectivity index (χ4n) is 6.51. The summed E-state index contributed by atoms with van der Waals surface area (Å²) >= 11 is 5.96. The normalized spacial score (nSPS) is 24.2. The second kappa shape index (κ2) is 9.08. The Morgan fingerprint density at radius 3 is 2.29 bits per heavy atom. The number of nitrogens with two attached hydrogens (primary N) is 1. The van der Waals surface area contributed by atoms with E-state index in [9.17, 15) is 18.4 Å². The van der Waals surface area contributed by atoms with E-state index in [-0.39, 0.29) is 39.9 Å². The van der Waals surface area contributed by atoms with Crippen LogP contribution in [0.15, 0.2) is 42.5 Å². The molecule has 198 valence electrons. The molecule has 3 aliphatic carbocycles. The standard InChI is InChI=1S/C28H28ClF2N5O2/c29-20-15-17(1-6-21(20)31)24-23(25(32)37)22-16-35(13-14-36(22)34-24)26(38)33-28-10-7-27(8-11-28,9-12-28)18-2-4-19(30)5-3-18/h1-6,15H,7-14,16H2,(H2,32,37)(H,33,38). The molecule has 3 saturated carbocycles. The highest BCUT2D eigenvalue weighted by Crippen LogP contribution is 2.53. The lowest BCUT2D eigenvalue weighted by Gasteiger charge is -2.54. The van der Waals surface area contributed by atoms with Gasteiger partial charge in [-0.3, -0.25) is 9.48 Å². The first-order chi connectivity index (χ1) is 18.2. The molecule has 38 heavy (non-hydrogen) atoms. The van der Waals surface area contributed by atoms with E-state index in [1.807, 2.05) is 12.1 Å². The van der Waals surface area contributed by atoms with Crippen LogP contribution in [0.5, 0.6) is 0 Å². The van der Waals surface area contributed by atoms with Gasteiger partial charge in [-0.1, -0.05) is 23.7 Å². The van der Waals surface area contributed by atoms with Crippen LogP contribution in [0.3, 0.4) is 0 Å². The monoisotopic (exact) mass is 539 g/mol. The lowest BCUT2D eigenvalue weighted by atomic mass is 9.55. The number of amides is 3. The third-order valence-electron chi connectivity index (χ3n) is 8.78. The van der Waals surface area contributed by atoms with Gasteiger partial charge in [0.15, 0.2) is 0 Å². The van der Waals surface area contributed by atoms with Crippen molar-refractivity contribution in [1.82, 2.24) is 20.0 Å². The molecule has 7 nitrogen and oxygen atoms in total. The van der Waals surface area contributed by atoms with E-state index in [0.717, 1.165) is 38.5 Å². The summed E-state index contributed by atoms with van der Waals surface area (Å²) in [7, 11) is 0. The summed E-state index contributed by atoms with van der Waals surface area (Å²) in [6.07, 6.45) is 5.43. The number of carbonyl (C=O) groups is 2. The van der Waals surface area contributed by atoms with Gasteiger partial charge in [-0.2, -0.15) is 5.10 Å². The van der Waals surface area contributed by atoms with Crippen LogP contribution >= 0.6 is 11.6 Å². The Bertz CT molecular complexity index is 1410. The molecular formula is C28H28ClF2N5O2. The third-order valence-corrected chi connectivity index (χ3v) is 9.07. The predicted molar refractivity (Wildman–Crippen MR) is 139 cm³/mol. The van der Waals surface area contributed by atoms with Gasteiger partial charge in [0.1, 0.15) is 17.3 Å². The zero-order valence-corrected chi connectivity index (χ0v) is 21.5. The second-order valence-corrected chi connectivity index (χ2v) is 11.2. The minimum Gasteiger partial charge on any atom is -0.365 e. The molecule has 3 N–H and O–H groups in total. The molecule has 2 heterocycles. The molecule has 1 aromatic heterocycles. The van der Waals surface area contributed by atoms with Crippen molar-refractivity contribution in [1.29, 1.82) is 0 Å². The van der Waals surface area contributed by atoms with E-state index < -0.39 is 11.7 Å². The molecule has 2 aromatic carbocycles. The lowest BCUT2D eigenvalue weighted by molar-refractivity contribution is 0.0749. The summed E-state index contributed by atoms with van der Waals surface area (Å²) in [4.78, 5) is 27.6. The van der Waals surface area contributed by atoms with Crippen molar-refractivity contribution < 1.29 is 18.4 Å². The molecule has 3 aromatic rings. The molecule has 0 spiro atoms. The Labute approximate surface area is 223 Å². The van der Waals surface area contributed by atoms with Gasteiger partial charge in [0, 0.05) is 17.6 Å². The van der Waals surface area contributed by atoms with E-state index in [0.29, 0.717) is 30.0 Å². The molecular weight excluding hydrogens is 512 g/mol. The van der Waals surface area contributed by atoms with Crippen molar-refractivity contribution >= 4 is 23.5 Å². The molecule has 0 atom stereocenters. The Hall–Kier alpha value is -3.46. The highest BCUT2D eigenvalue weighted by molar-refractivity contribution is 6.31. The number of aromatic nitrogens is 2. The van der Waals surface area contributed by atoms with Crippen molar-refractivity contribution in [3.05, 3.63) is 75.9 Å². The number of rotatable bonds is 4. The molecule has 0 unspecified atom stereocenters. The number of nitrogens with zero attached hydrogens (tertiary/aromatic N) is 3. The number of nitrogens with one attached hydrogen (secondary N) is 1. The number of fused-ring (bicyclic) bond motifs is 4. The topological polar surface area (TPSA) is 93.2 Å². The van der Waals surface area contributed by atoms with Gasteiger partial charge in [-0.25, -0.2) is 13.6 Å². The summed E-state index contributed by atoms with van der Waals surface area (Å²) in [5.74, 6) is -1.46. The van der Waals surface area contributed by atoms with Gasteiger partial charge in [-0.05, 0) is 79.8 Å². The average molecular weight is 540 g/mol. The largest absolute Gasteiger partial charge is 0.365 e. The predicted octanol–water partition coefficient (Wildman–Crippen LogP) is 5.15. The van der Waals surface area contributed by atoms with Crippen LogP contribution in [-0.2, 0) is 18.5 Å². The second-order valence-electron chi connectivity index (χ2n) is 10.8. The van der Waals surface area contributed by atoms with Crippen LogP contribution in [0.2, 0.25) is 5.02 Å². The summed E-state index contributed by atoms with van der Waals surface area (Å²) < 4.78 is 28.8. The van der Waals surface area contributed by atoms with Gasteiger partial charge in [0.2, 0.25) is 0 Å². The number of carbonyl (C=O) groups excluding carboxylic acids is 2. The van der Waals surface area contributed by atoms with Gasteiger partial charge < -0.3 is 16.0 Å². The van der Waals surface area contributed by atoms with Gasteiger partial charge >= 0.3 is 6.03 Å². The Morgan fingerprint density at radius 2 is 1.66 bits per heavy atom. The van der Waals surface area contributed by atoms with Crippen LogP contribution in [-0.4, -0.2) is 38.7 Å². The fraction of sp³-hybridized carbons (Fsp3) is 0.393. The van der Waals surface area contributed by atoms with Crippen LogP contribution < -0.4 is 11.1 Å². The highest BCUT2D eigenvalue weighted by atomic mass is 35.5. The molecule has 1 aliphatic heterocycles. The maximum atomic E-state index is 13.7. The van der Waals surface area contributed by atoms with E-state index in [4.69, 9.17) is 17.3 Å². The van der Waals surface area contributed by atoms with Crippen molar-refractivity contribution in [3.8, 4) is 11.3 Å². The van der Waals surface area contributed by atoms with Crippen LogP contribution in [0.4, 0.5) is 13.6 Å². The number of urea groups is 1. The van der Waals surface area contributed by atoms with Gasteiger partial charge in [0.05, 0.1) is 29.4 Å². The average Bonchev–Trinajstić information content (AvgIpc) is 3.31. The molecule has 0 radical (unpaired) electrons. The smallest absolute Gasteiger partial charge is 0.318 e. The zero-order valence-electron chi connectivity index (χ0n) is 20.8. The molecule has 7 rings (SSSR count). The maximum Gasteiger partial charge on any atom is 0.318 e. The van der Waals surface area contributed by atoms with E-state index in [1.54, 1.807) is 9.58 Å². The summed E-state index contributed by atoms with van der Waals surface area (Å²) in [5.41, 5.74) is 8.27. The molecule has 0 saturated heterocycles. The van der Waals surface area contributed by atoms with Crippen molar-refractivity contribution in [3.63, 3.8) is 0 Å². The van der Waals surface area contributed by atoms with Gasteiger partial charge in [0.25, 0.3) is 5.91 Å². The first-order valence-corrected chi connectivity index (χ1v) is 13.2. The van der Waals surface area contributed by atoms with Crippen LogP contribution in [0.1, 0.15) is 60.1 Å². The van der Waals surface area contributed by atoms with E-state index in [2.05, 4.69) is 10.4 Å². The zero-order chi connectivity index (χ0) is 26.7. The molecule has 3 fully saturated rings. The SMILES string of the molecule is NC(=O)c1c(-c2ccc(F)c(Cl)c2)nn2c1CN(C(=O)NC13CCC(c4ccc(F)cc4)(CC1)CC3)CC2. The molecule has 10 heteroatoms. The van der Waals surface area contributed by atoms with Gasteiger partial charge in [-0.15, -0.1) is 0 Å². The van der Waals surface area contributed by atoms with E-state index in [1.165, 1.54) is 35.9 Å². The summed E-state index contributed by atoms with van der Waals surface area (Å²) in [5, 5.41) is 7.80. The van der Waals surface area contributed by atoms with E-state index >= 15 is 0 Å². The quantitative estimate of drug-likeness (QED) is 0.480. The Morgan fingerprint density at radius 1 is 0.974 bits per heavy atom. The minimum absolute atomic E-state index is 0.0494. The van der Waals surface area contributed by atoms with Crippen molar-refractivity contribution in [2.45, 2.75) is 62.6 Å². The summed E-state index contributed by atoms with van der Waals surface area (Å²) in [6.45, 7) is 1.01. The summed E-state index contributed by atoms with van der Waals surface area (Å²) in [6, 6.07) is 10.8. The first-order valence-electron chi connectivity index (χ1n) is 12.9. The number of hydrogen-bond acceptors (Lipinski definition) is 3. The number of halogens is 3. The molecule has 3 amide bonds. The van der Waals surface area contributed by atoms with Crippen molar-refractivity contribution in [2.75, 3.05) is 6.54 Å². The fourth-order valence-corrected chi connectivity index (χ4v) is 6.69. The number of primary amides is 1. The first kappa shape index (κ1) is 24.9. The Kier molecular flexibility index (Phi) is 5.94. The highest BCUT2D eigenvalue weighted by Gasteiger charge is 2.50. The Balaban J connectivity index is 1.19. The maximum absolute atomic E-state index is 13.7. The minimum atomic E-state index is -0.667. The lowest BCUT2D eigenvalue weighted by Crippen LogP contribution is -2.60. The molecule has 4 aliphatic rings. The van der Waals surface area contributed by atoms with Crippen LogP contribution in [0, 0.1) is 11.6 Å². The number of benzene rings is 2. The van der Waals surface area contributed by atoms with Crippen LogP contribution in [0.25, 0.3) is 11.3 Å². The van der Waals surface area contributed by atoms with Crippen molar-refractivity contribution in [2.24, 2.45) is 5.73 Å².